The summed E-state index contributed by atoms with van der Waals surface area (Å²) in [6, 6.07) is 1.78. The van der Waals surface area contributed by atoms with E-state index in [4.69, 9.17) is 10.9 Å². The first-order valence-corrected chi connectivity index (χ1v) is 5.99. The highest BCUT2D eigenvalue weighted by Crippen LogP contribution is 2.11. The Morgan fingerprint density at radius 1 is 1.29 bits per heavy atom. The number of aliphatic hydroxyl groups is 1. The van der Waals surface area contributed by atoms with Gasteiger partial charge in [0.25, 0.3) is 0 Å². The number of anilines is 2. The molecule has 6 nitrogen and oxygen atoms in total. The molecule has 0 saturated carbocycles. The summed E-state index contributed by atoms with van der Waals surface area (Å²) < 4.78 is 0. The number of nitrogen functional groups attached to an aromatic ring is 1. The quantitative estimate of drug-likeness (QED) is 0.306. The van der Waals surface area contributed by atoms with Crippen LogP contribution in [0.4, 0.5) is 11.6 Å². The van der Waals surface area contributed by atoms with Gasteiger partial charge in [0.2, 0.25) is 0 Å². The molecule has 0 aliphatic rings. The minimum Gasteiger partial charge on any atom is -0.396 e. The molecule has 6 heteroatoms. The van der Waals surface area contributed by atoms with Crippen molar-refractivity contribution in [2.45, 2.75) is 32.6 Å². The zero-order chi connectivity index (χ0) is 12.5. The Morgan fingerprint density at radius 2 is 2.06 bits per heavy atom. The first kappa shape index (κ1) is 13.7. The average Bonchev–Trinajstić information content (AvgIpc) is 2.35. The lowest BCUT2D eigenvalue weighted by Crippen LogP contribution is -2.13. The molecule has 0 saturated heterocycles. The fourth-order valence-corrected chi connectivity index (χ4v) is 1.45. The summed E-state index contributed by atoms with van der Waals surface area (Å²) in [5.41, 5.74) is 2.54. The van der Waals surface area contributed by atoms with Crippen molar-refractivity contribution in [3.8, 4) is 0 Å². The summed E-state index contributed by atoms with van der Waals surface area (Å²) in [6.45, 7) is 3.09. The van der Waals surface area contributed by atoms with Crippen LogP contribution in [0.2, 0.25) is 0 Å². The van der Waals surface area contributed by atoms with E-state index in [1.165, 1.54) is 0 Å². The standard InChI is InChI=1S/C11H21N5O/c1-2-5-9-14-10(8-11(15-9)16-12)13-6-3-4-7-17/h8,17H,2-7,12H2,1H3,(H2,13,14,15,16). The number of nitrogens with one attached hydrogen (secondary N) is 2. The van der Waals surface area contributed by atoms with Crippen molar-refractivity contribution in [3.05, 3.63) is 11.9 Å². The van der Waals surface area contributed by atoms with E-state index in [-0.39, 0.29) is 6.61 Å². The Bertz CT molecular complexity index is 332. The molecule has 0 atom stereocenters. The first-order valence-electron chi connectivity index (χ1n) is 5.99. The van der Waals surface area contributed by atoms with E-state index in [1.807, 2.05) is 0 Å². The van der Waals surface area contributed by atoms with Crippen LogP contribution >= 0.6 is 0 Å². The zero-order valence-electron chi connectivity index (χ0n) is 10.2. The van der Waals surface area contributed by atoms with Crippen LogP contribution < -0.4 is 16.6 Å². The number of aryl methyl sites for hydroxylation is 1. The van der Waals surface area contributed by atoms with Gasteiger partial charge in [-0.25, -0.2) is 15.8 Å². The number of hydrazine groups is 1. The predicted octanol–water partition coefficient (Wildman–Crippen LogP) is 0.899. The third-order valence-electron chi connectivity index (χ3n) is 2.28. The Labute approximate surface area is 102 Å². The minimum atomic E-state index is 0.224. The van der Waals surface area contributed by atoms with Crippen LogP contribution in [0.25, 0.3) is 0 Å². The van der Waals surface area contributed by atoms with E-state index in [9.17, 15) is 0 Å². The molecule has 0 aromatic carbocycles. The van der Waals surface area contributed by atoms with Gasteiger partial charge >= 0.3 is 0 Å². The molecule has 1 heterocycles. The summed E-state index contributed by atoms with van der Waals surface area (Å²) in [4.78, 5) is 8.65. The first-order chi connectivity index (χ1) is 8.30. The van der Waals surface area contributed by atoms with Crippen molar-refractivity contribution in [2.24, 2.45) is 5.84 Å². The largest absolute Gasteiger partial charge is 0.396 e. The molecule has 0 unspecified atom stereocenters. The number of hydrogen-bond acceptors (Lipinski definition) is 6. The molecule has 0 radical (unpaired) electrons. The normalized spacial score (nSPS) is 10.3. The van der Waals surface area contributed by atoms with Crippen LogP contribution in [0.5, 0.6) is 0 Å². The molecule has 17 heavy (non-hydrogen) atoms. The van der Waals surface area contributed by atoms with Crippen molar-refractivity contribution in [1.29, 1.82) is 0 Å². The van der Waals surface area contributed by atoms with Crippen molar-refractivity contribution < 1.29 is 5.11 Å². The summed E-state index contributed by atoms with van der Waals surface area (Å²) in [5, 5.41) is 11.9. The second-order valence-electron chi connectivity index (χ2n) is 3.81. The Balaban J connectivity index is 2.59. The molecule has 0 aliphatic heterocycles. The molecule has 1 aromatic rings. The topological polar surface area (TPSA) is 96.1 Å². The van der Waals surface area contributed by atoms with Gasteiger partial charge in [0.15, 0.2) is 0 Å². The number of nitrogens with zero attached hydrogens (tertiary/aromatic N) is 2. The van der Waals surface area contributed by atoms with E-state index in [0.29, 0.717) is 5.82 Å². The highest BCUT2D eigenvalue weighted by atomic mass is 16.2. The molecule has 0 aliphatic carbocycles. The number of rotatable bonds is 8. The van der Waals surface area contributed by atoms with Crippen molar-refractivity contribution >= 4 is 11.6 Å². The van der Waals surface area contributed by atoms with E-state index >= 15 is 0 Å². The number of hydrogen-bond donors (Lipinski definition) is 4. The average molecular weight is 239 g/mol. The number of unbranched alkanes of at least 4 members (excludes halogenated alkanes) is 1. The van der Waals surface area contributed by atoms with Gasteiger partial charge in [-0.2, -0.15) is 0 Å². The monoisotopic (exact) mass is 239 g/mol. The number of aliphatic hydroxyl groups excluding tert-OH is 1. The fourth-order valence-electron chi connectivity index (χ4n) is 1.45. The van der Waals surface area contributed by atoms with E-state index in [0.717, 1.165) is 43.9 Å². The summed E-state index contributed by atoms with van der Waals surface area (Å²) in [7, 11) is 0. The Kier molecular flexibility index (Phi) is 6.27. The third-order valence-corrected chi connectivity index (χ3v) is 2.28. The lowest BCUT2D eigenvalue weighted by molar-refractivity contribution is 0.286. The summed E-state index contributed by atoms with van der Waals surface area (Å²) in [6.07, 6.45) is 3.54. The van der Waals surface area contributed by atoms with Gasteiger partial charge in [-0.05, 0) is 19.3 Å². The van der Waals surface area contributed by atoms with Crippen LogP contribution in [-0.2, 0) is 6.42 Å². The van der Waals surface area contributed by atoms with Crippen molar-refractivity contribution in [1.82, 2.24) is 9.97 Å². The molecular formula is C11H21N5O. The van der Waals surface area contributed by atoms with Gasteiger partial charge in [-0.3, -0.25) is 0 Å². The molecular weight excluding hydrogens is 218 g/mol. The van der Waals surface area contributed by atoms with Crippen LogP contribution in [0.3, 0.4) is 0 Å². The molecule has 96 valence electrons. The molecule has 0 spiro atoms. The SMILES string of the molecule is CCCc1nc(NN)cc(NCCCCO)n1. The summed E-state index contributed by atoms with van der Waals surface area (Å²) in [5.74, 6) is 7.53. The number of aromatic nitrogens is 2. The minimum absolute atomic E-state index is 0.224. The van der Waals surface area contributed by atoms with E-state index in [1.54, 1.807) is 6.07 Å². The lowest BCUT2D eigenvalue weighted by atomic mass is 10.3. The summed E-state index contributed by atoms with van der Waals surface area (Å²) >= 11 is 0. The second kappa shape index (κ2) is 7.81. The smallest absolute Gasteiger partial charge is 0.145 e. The van der Waals surface area contributed by atoms with Crippen LogP contribution in [0, 0.1) is 0 Å². The predicted molar refractivity (Wildman–Crippen MR) is 68.6 cm³/mol. The van der Waals surface area contributed by atoms with Gasteiger partial charge in [-0.15, -0.1) is 0 Å². The van der Waals surface area contributed by atoms with Gasteiger partial charge in [0, 0.05) is 25.6 Å². The maximum atomic E-state index is 8.68. The van der Waals surface area contributed by atoms with Gasteiger partial charge < -0.3 is 15.8 Å². The molecule has 0 bridgehead atoms. The van der Waals surface area contributed by atoms with E-state index in [2.05, 4.69) is 27.6 Å². The second-order valence-corrected chi connectivity index (χ2v) is 3.81. The van der Waals surface area contributed by atoms with Crippen molar-refractivity contribution in [2.75, 3.05) is 23.9 Å². The highest BCUT2D eigenvalue weighted by molar-refractivity contribution is 5.46. The maximum Gasteiger partial charge on any atom is 0.145 e. The van der Waals surface area contributed by atoms with Crippen LogP contribution in [-0.4, -0.2) is 28.2 Å². The molecule has 5 N–H and O–H groups in total. The Morgan fingerprint density at radius 3 is 2.71 bits per heavy atom. The molecule has 0 amide bonds. The maximum absolute atomic E-state index is 8.68. The molecule has 1 aromatic heterocycles. The fraction of sp³-hybridized carbons (Fsp3) is 0.636. The Hall–Kier alpha value is -1.40. The van der Waals surface area contributed by atoms with Crippen LogP contribution in [0.15, 0.2) is 6.07 Å². The van der Waals surface area contributed by atoms with Crippen molar-refractivity contribution in [3.63, 3.8) is 0 Å². The van der Waals surface area contributed by atoms with Gasteiger partial charge in [0.1, 0.15) is 17.5 Å². The molecule has 1 rings (SSSR count). The molecule has 0 fully saturated rings. The highest BCUT2D eigenvalue weighted by Gasteiger charge is 2.02. The van der Waals surface area contributed by atoms with E-state index < -0.39 is 0 Å². The third kappa shape index (κ3) is 4.97. The number of nitrogens with two attached hydrogens (primary N) is 1. The zero-order valence-corrected chi connectivity index (χ0v) is 10.2. The van der Waals surface area contributed by atoms with Gasteiger partial charge in [-0.1, -0.05) is 6.92 Å². The van der Waals surface area contributed by atoms with Gasteiger partial charge in [0.05, 0.1) is 0 Å². The van der Waals surface area contributed by atoms with Crippen LogP contribution in [0.1, 0.15) is 32.0 Å². The lowest BCUT2D eigenvalue weighted by Gasteiger charge is -2.09.